The maximum Gasteiger partial charge on any atom is 0.393 e. The van der Waals surface area contributed by atoms with Crippen LogP contribution in [0.3, 0.4) is 0 Å². The van der Waals surface area contributed by atoms with Gasteiger partial charge in [0, 0.05) is 61.3 Å². The lowest BCUT2D eigenvalue weighted by molar-refractivity contribution is -0.182. The Bertz CT molecular complexity index is 3060. The van der Waals surface area contributed by atoms with Crippen molar-refractivity contribution in [1.29, 1.82) is 0 Å². The summed E-state index contributed by atoms with van der Waals surface area (Å²) in [7, 11) is 10.2. The van der Waals surface area contributed by atoms with Gasteiger partial charge in [-0.1, -0.05) is 84.5 Å². The Hall–Kier alpha value is -6.32. The average molecular weight is 1470 g/mol. The van der Waals surface area contributed by atoms with Crippen molar-refractivity contribution < 1.29 is 75.4 Å². The van der Waals surface area contributed by atoms with Gasteiger partial charge in [0.1, 0.15) is 47.8 Å². The van der Waals surface area contributed by atoms with E-state index in [1.807, 2.05) is 13.8 Å². The largest absolute Gasteiger partial charge is 0.393 e. The summed E-state index contributed by atoms with van der Waals surface area (Å²) in [5.74, 6) is -10.3. The molecule has 0 aromatic rings. The summed E-state index contributed by atoms with van der Waals surface area (Å²) in [6, 6.07) is -9.16. The first kappa shape index (κ1) is 80.8. The number of halogens is 4. The molecule has 9 aliphatic rings. The zero-order chi connectivity index (χ0) is 74.9. The van der Waals surface area contributed by atoms with E-state index in [2.05, 4.69) is 16.0 Å². The van der Waals surface area contributed by atoms with Crippen LogP contribution in [0.25, 0.3) is 0 Å². The smallest absolute Gasteiger partial charge is 0.377 e. The molecule has 3 N–H and O–H groups in total. The summed E-state index contributed by atoms with van der Waals surface area (Å²) in [6.07, 6.45) is 8.45. The molecule has 4 heterocycles. The number of rotatable bonds is 10. The number of hydrogen-bond acceptors (Lipinski definition) is 13. The first-order valence-corrected chi connectivity index (χ1v) is 38.9. The highest BCUT2D eigenvalue weighted by atomic mass is 35.5. The maximum atomic E-state index is 16.0. The second kappa shape index (κ2) is 35.4. The van der Waals surface area contributed by atoms with Crippen molar-refractivity contribution in [1.82, 2.24) is 60.0 Å². The van der Waals surface area contributed by atoms with Gasteiger partial charge < -0.3 is 64.8 Å². The molecular formula is C74H116ClF3N12O13. The molecule has 5 aliphatic carbocycles. The second-order valence-corrected chi connectivity index (χ2v) is 32.9. The molecule has 25 nitrogen and oxygen atoms in total. The van der Waals surface area contributed by atoms with Crippen LogP contribution < -0.4 is 16.0 Å². The van der Waals surface area contributed by atoms with E-state index in [0.29, 0.717) is 57.8 Å². The molecule has 5 unspecified atom stereocenters. The maximum absolute atomic E-state index is 16.0. The number of hydrogen-bond donors (Lipinski definition) is 3. The van der Waals surface area contributed by atoms with Gasteiger partial charge in [-0.05, 0) is 139 Å². The van der Waals surface area contributed by atoms with E-state index < -0.39 is 168 Å². The Kier molecular flexibility index (Phi) is 27.8. The predicted molar refractivity (Wildman–Crippen MR) is 376 cm³/mol. The Balaban J connectivity index is 1.07. The minimum atomic E-state index is -4.51. The van der Waals surface area contributed by atoms with Crippen LogP contribution in [-0.4, -0.2) is 275 Å². The number of alkyl halides is 4. The van der Waals surface area contributed by atoms with E-state index in [0.717, 1.165) is 62.7 Å². The zero-order valence-corrected chi connectivity index (χ0v) is 63.1. The highest BCUT2D eigenvalue weighted by molar-refractivity contribution is 6.21. The third kappa shape index (κ3) is 19.3. The highest BCUT2D eigenvalue weighted by Gasteiger charge is 2.53. The van der Waals surface area contributed by atoms with Crippen molar-refractivity contribution >= 4 is 82.5 Å². The second-order valence-electron chi connectivity index (χ2n) is 32.3. The summed E-state index contributed by atoms with van der Waals surface area (Å²) >= 11 is 6.42. The van der Waals surface area contributed by atoms with Crippen molar-refractivity contribution in [2.24, 2.45) is 35.5 Å². The van der Waals surface area contributed by atoms with Gasteiger partial charge in [-0.15, -0.1) is 11.6 Å². The molecule has 1 spiro atoms. The normalized spacial score (nSPS) is 32.0. The predicted octanol–water partition coefficient (Wildman–Crippen LogP) is 5.62. The molecule has 4 saturated heterocycles. The number of amides is 12. The number of carbonyl (C=O) groups is 12. The van der Waals surface area contributed by atoms with Gasteiger partial charge in [-0.25, -0.2) is 0 Å². The number of ether oxygens (including phenoxy) is 1. The van der Waals surface area contributed by atoms with E-state index in [1.54, 1.807) is 4.90 Å². The van der Waals surface area contributed by atoms with Crippen molar-refractivity contribution in [3.05, 3.63) is 0 Å². The fourth-order valence-electron chi connectivity index (χ4n) is 18.1. The van der Waals surface area contributed by atoms with Crippen LogP contribution in [0.5, 0.6) is 0 Å². The molecule has 29 heteroatoms. The Morgan fingerprint density at radius 3 is 1.78 bits per heavy atom. The van der Waals surface area contributed by atoms with Gasteiger partial charge in [-0.3, -0.25) is 57.5 Å². The SMILES string of the molecule is CC(C)C[C@H]1C(=O)N[C@@H](C2CCC2)C(=O)N(C)CC(=O)N(C)CC(=O)N(C)[C@@H](CC2CCCCC2)C(=O)N(C)CC(=O)N[C@@H](CCC2CCC(C(F)(F)F)C(Cl)C2)C(=O)N2CCC[C@H]2C(=O)NC2(CCCC2)C(=O)N(C)[C@@H](C2CCCCC2)C(=O)N(C)[C@H](C(=O)N2C3CCC2COC3)CC(=O)N1C. The minimum absolute atomic E-state index is 0.00179. The highest BCUT2D eigenvalue weighted by Crippen LogP contribution is 2.44. The molecule has 9 rings (SSSR count). The molecule has 2 bridgehead atoms. The number of likely N-dealkylation sites (N-methyl/N-ethyl adjacent to an activating group) is 7. The molecule has 9 fully saturated rings. The minimum Gasteiger partial charge on any atom is -0.377 e. The monoisotopic (exact) mass is 1470 g/mol. The first-order valence-electron chi connectivity index (χ1n) is 38.4. The Morgan fingerprint density at radius 1 is 0.573 bits per heavy atom. The van der Waals surface area contributed by atoms with Crippen LogP contribution >= 0.6 is 11.6 Å². The van der Waals surface area contributed by atoms with Crippen LogP contribution in [0.4, 0.5) is 13.2 Å². The van der Waals surface area contributed by atoms with Crippen LogP contribution in [0, 0.1) is 35.5 Å². The van der Waals surface area contributed by atoms with Crippen LogP contribution in [-0.2, 0) is 62.3 Å². The average Bonchev–Trinajstić information content (AvgIpc) is 1.75. The molecule has 12 atom stereocenters. The van der Waals surface area contributed by atoms with Gasteiger partial charge in [0.05, 0.1) is 57.3 Å². The molecule has 103 heavy (non-hydrogen) atoms. The lowest BCUT2D eigenvalue weighted by atomic mass is 9.78. The van der Waals surface area contributed by atoms with E-state index in [1.165, 1.54) is 83.6 Å². The Labute approximate surface area is 611 Å². The first-order chi connectivity index (χ1) is 48.8. The molecule has 0 radical (unpaired) electrons. The lowest BCUT2D eigenvalue weighted by Gasteiger charge is -2.44. The number of fused-ring (bicyclic) bond motifs is 3. The third-order valence-electron chi connectivity index (χ3n) is 24.7. The summed E-state index contributed by atoms with van der Waals surface area (Å²) in [5, 5.41) is 7.72. The van der Waals surface area contributed by atoms with Gasteiger partial charge >= 0.3 is 6.18 Å². The van der Waals surface area contributed by atoms with Crippen molar-refractivity contribution in [3.8, 4) is 0 Å². The van der Waals surface area contributed by atoms with Crippen molar-refractivity contribution in [2.75, 3.05) is 88.7 Å². The van der Waals surface area contributed by atoms with Gasteiger partial charge in [-0.2, -0.15) is 13.2 Å². The summed E-state index contributed by atoms with van der Waals surface area (Å²) in [5.41, 5.74) is -1.56. The summed E-state index contributed by atoms with van der Waals surface area (Å²) < 4.78 is 48.0. The topological polar surface area (TPSA) is 279 Å². The van der Waals surface area contributed by atoms with Crippen LogP contribution in [0.1, 0.15) is 200 Å². The molecule has 578 valence electrons. The van der Waals surface area contributed by atoms with Gasteiger partial charge in [0.15, 0.2) is 0 Å². The molecule has 12 amide bonds. The summed E-state index contributed by atoms with van der Waals surface area (Å²) in [6.45, 7) is 2.76. The fraction of sp³-hybridized carbons (Fsp3) is 0.838. The van der Waals surface area contributed by atoms with Gasteiger partial charge in [0.25, 0.3) is 0 Å². The number of carbonyl (C=O) groups excluding carboxylic acids is 12. The third-order valence-corrected chi connectivity index (χ3v) is 25.2. The molecule has 0 aromatic carbocycles. The van der Waals surface area contributed by atoms with E-state index >= 15 is 28.8 Å². The molecule has 4 aliphatic heterocycles. The van der Waals surface area contributed by atoms with Crippen molar-refractivity contribution in [3.63, 3.8) is 0 Å². The van der Waals surface area contributed by atoms with E-state index in [-0.39, 0.29) is 120 Å². The lowest BCUT2D eigenvalue weighted by Crippen LogP contribution is -2.65. The number of morpholine rings is 1. The Morgan fingerprint density at radius 2 is 1.17 bits per heavy atom. The van der Waals surface area contributed by atoms with Crippen LogP contribution in [0.2, 0.25) is 0 Å². The zero-order valence-electron chi connectivity index (χ0n) is 62.3. The van der Waals surface area contributed by atoms with E-state index in [4.69, 9.17) is 16.3 Å². The standard InChI is InChI=1S/C74H116ClF3N12O13/c1-45(2)36-56-65(95)80-63(48-24-18-25-48)70(100)84(5)41-61(93)82(3)42-62(94)86(7)57(38-46-20-12-10-13-21-46)68(98)83(4)40-59(91)79-54(32-28-47-27-31-52(53(75)37-47)74(76,77)78)67(97)89-35-19-26-55(89)66(96)81-73(33-16-17-34-73)72(102)88(9)64(49-22-14-11-15-23-49)71(101)87(8)58(39-60(92)85(56)6)69(99)90-50-29-30-51(90)44-103-43-50/h45-58,63-64H,10-44H2,1-9H3,(H,79,91)(H,80,95)(H,81,96)/t47?,50?,51?,52?,53?,54-,55-,56-,57-,58-,63-,64-/m0/s1. The van der Waals surface area contributed by atoms with Crippen LogP contribution in [0.15, 0.2) is 0 Å². The summed E-state index contributed by atoms with van der Waals surface area (Å²) in [4.78, 5) is 193. The number of nitrogens with one attached hydrogen (secondary N) is 3. The molecule has 5 saturated carbocycles. The molecule has 0 aromatic heterocycles. The molecular weight excluding hydrogens is 1360 g/mol. The van der Waals surface area contributed by atoms with Gasteiger partial charge in [0.2, 0.25) is 70.9 Å². The van der Waals surface area contributed by atoms with Crippen molar-refractivity contribution in [2.45, 2.75) is 272 Å². The quantitative estimate of drug-likeness (QED) is 0.225. The van der Waals surface area contributed by atoms with E-state index in [9.17, 15) is 41.9 Å². The number of nitrogens with zero attached hydrogens (tertiary/aromatic N) is 9. The fourth-order valence-corrected chi connectivity index (χ4v) is 18.7.